The quantitative estimate of drug-likeness (QED) is 0.475. The van der Waals surface area contributed by atoms with E-state index in [4.69, 9.17) is 4.74 Å². The molecular weight excluding hydrogens is 283 g/mol. The Morgan fingerprint density at radius 1 is 1.14 bits per heavy atom. The fourth-order valence-corrected chi connectivity index (χ4v) is 4.52. The van der Waals surface area contributed by atoms with Crippen LogP contribution in [0.2, 0.25) is 14.8 Å². The minimum absolute atomic E-state index is 0.267. The SMILES string of the molecule is CC(=O)Oc1cc[c]([Sn]([CH3])([CH3])[CH3])cc1. The first-order chi connectivity index (χ1) is 6.39. The van der Waals surface area contributed by atoms with Crippen LogP contribution < -0.4 is 8.32 Å². The first-order valence-corrected chi connectivity index (χ1v) is 14.7. The van der Waals surface area contributed by atoms with Crippen molar-refractivity contribution in [1.29, 1.82) is 0 Å². The van der Waals surface area contributed by atoms with E-state index in [0.29, 0.717) is 5.75 Å². The summed E-state index contributed by atoms with van der Waals surface area (Å²) >= 11 is -1.94. The van der Waals surface area contributed by atoms with E-state index in [9.17, 15) is 4.79 Å². The molecular formula is C11H16O2Sn. The predicted octanol–water partition coefficient (Wildman–Crippen LogP) is 2.16. The van der Waals surface area contributed by atoms with Gasteiger partial charge in [-0.3, -0.25) is 0 Å². The summed E-state index contributed by atoms with van der Waals surface area (Å²) in [7, 11) is 0. The second-order valence-electron chi connectivity index (χ2n) is 4.37. The zero-order valence-electron chi connectivity index (χ0n) is 9.13. The van der Waals surface area contributed by atoms with Gasteiger partial charge in [0.15, 0.2) is 0 Å². The van der Waals surface area contributed by atoms with Gasteiger partial charge >= 0.3 is 89.2 Å². The van der Waals surface area contributed by atoms with Gasteiger partial charge in [-0.15, -0.1) is 0 Å². The molecule has 0 atom stereocenters. The number of benzene rings is 1. The van der Waals surface area contributed by atoms with Crippen molar-refractivity contribution in [1.82, 2.24) is 0 Å². The molecule has 0 heterocycles. The fraction of sp³-hybridized carbons (Fsp3) is 0.364. The number of esters is 1. The van der Waals surface area contributed by atoms with Crippen LogP contribution in [-0.2, 0) is 4.79 Å². The molecule has 0 saturated carbocycles. The van der Waals surface area contributed by atoms with Crippen molar-refractivity contribution in [2.24, 2.45) is 0 Å². The van der Waals surface area contributed by atoms with Gasteiger partial charge in [-0.25, -0.2) is 0 Å². The van der Waals surface area contributed by atoms with E-state index in [2.05, 4.69) is 27.0 Å². The molecule has 0 unspecified atom stereocenters. The summed E-state index contributed by atoms with van der Waals surface area (Å²) in [6, 6.07) is 7.90. The van der Waals surface area contributed by atoms with Crippen LogP contribution in [0.3, 0.4) is 0 Å². The van der Waals surface area contributed by atoms with E-state index in [1.807, 2.05) is 12.1 Å². The Bertz CT molecular complexity index is 322. The van der Waals surface area contributed by atoms with E-state index in [0.717, 1.165) is 0 Å². The van der Waals surface area contributed by atoms with Crippen LogP contribution >= 0.6 is 0 Å². The molecule has 0 aliphatic rings. The average molecular weight is 299 g/mol. The van der Waals surface area contributed by atoms with Crippen LogP contribution in [0, 0.1) is 0 Å². The molecule has 2 nitrogen and oxygen atoms in total. The summed E-state index contributed by atoms with van der Waals surface area (Å²) in [5, 5.41) is 0. The van der Waals surface area contributed by atoms with Gasteiger partial charge in [0.1, 0.15) is 0 Å². The van der Waals surface area contributed by atoms with Crippen molar-refractivity contribution in [3.8, 4) is 5.75 Å². The van der Waals surface area contributed by atoms with Crippen LogP contribution in [0.1, 0.15) is 6.92 Å². The van der Waals surface area contributed by atoms with Gasteiger partial charge in [0.2, 0.25) is 0 Å². The molecule has 0 aliphatic heterocycles. The Kier molecular flexibility index (Phi) is 3.58. The molecule has 0 bridgehead atoms. The predicted molar refractivity (Wildman–Crippen MR) is 60.7 cm³/mol. The number of ether oxygens (including phenoxy) is 1. The Hall–Kier alpha value is -0.511. The molecule has 0 saturated heterocycles. The average Bonchev–Trinajstić information content (AvgIpc) is 2.02. The van der Waals surface area contributed by atoms with E-state index in [1.165, 1.54) is 10.5 Å². The second kappa shape index (κ2) is 4.34. The van der Waals surface area contributed by atoms with E-state index >= 15 is 0 Å². The molecule has 0 amide bonds. The van der Waals surface area contributed by atoms with E-state index in [-0.39, 0.29) is 5.97 Å². The van der Waals surface area contributed by atoms with Crippen molar-refractivity contribution < 1.29 is 9.53 Å². The van der Waals surface area contributed by atoms with E-state index in [1.54, 1.807) is 0 Å². The second-order valence-corrected chi connectivity index (χ2v) is 18.9. The Labute approximate surface area is 89.1 Å². The third-order valence-electron chi connectivity index (χ3n) is 1.98. The zero-order chi connectivity index (χ0) is 10.8. The summed E-state index contributed by atoms with van der Waals surface area (Å²) in [6.07, 6.45) is 0. The van der Waals surface area contributed by atoms with Crippen molar-refractivity contribution >= 4 is 27.9 Å². The molecule has 0 N–H and O–H groups in total. The molecule has 1 aromatic carbocycles. The molecule has 14 heavy (non-hydrogen) atoms. The molecule has 76 valence electrons. The summed E-state index contributed by atoms with van der Waals surface area (Å²) in [4.78, 5) is 17.8. The maximum absolute atomic E-state index is 10.7. The number of carbonyl (C=O) groups excluding carboxylic acids is 1. The molecule has 1 aromatic rings. The Balaban J connectivity index is 2.84. The van der Waals surface area contributed by atoms with E-state index < -0.39 is 18.4 Å². The summed E-state index contributed by atoms with van der Waals surface area (Å²) in [5.74, 6) is 0.369. The first kappa shape index (κ1) is 11.6. The summed E-state index contributed by atoms with van der Waals surface area (Å²) < 4.78 is 6.41. The summed E-state index contributed by atoms with van der Waals surface area (Å²) in [6.45, 7) is 1.41. The van der Waals surface area contributed by atoms with Crippen LogP contribution in [0.25, 0.3) is 0 Å². The Morgan fingerprint density at radius 2 is 1.64 bits per heavy atom. The van der Waals surface area contributed by atoms with Crippen LogP contribution in [0.15, 0.2) is 24.3 Å². The first-order valence-electron chi connectivity index (χ1n) is 4.68. The Morgan fingerprint density at radius 3 is 2.00 bits per heavy atom. The zero-order valence-corrected chi connectivity index (χ0v) is 12.0. The standard InChI is InChI=1S/C8H7O2.3CH3.Sn/c1-7(9)10-8-5-3-2-4-6-8;;;;/h3-6H,1H3;3*1H3;. The van der Waals surface area contributed by atoms with Crippen LogP contribution in [-0.4, -0.2) is 24.3 Å². The van der Waals surface area contributed by atoms with Crippen molar-refractivity contribution in [2.45, 2.75) is 21.7 Å². The molecule has 0 radical (unpaired) electrons. The van der Waals surface area contributed by atoms with Crippen molar-refractivity contribution in [2.75, 3.05) is 0 Å². The van der Waals surface area contributed by atoms with Crippen molar-refractivity contribution in [3.63, 3.8) is 0 Å². The third kappa shape index (κ3) is 3.33. The maximum atomic E-state index is 10.7. The van der Waals surface area contributed by atoms with Crippen LogP contribution in [0.4, 0.5) is 0 Å². The number of rotatable bonds is 2. The molecule has 3 heteroatoms. The molecule has 1 rings (SSSR count). The molecule has 0 aromatic heterocycles. The monoisotopic (exact) mass is 300 g/mol. The van der Waals surface area contributed by atoms with Gasteiger partial charge in [0.05, 0.1) is 0 Å². The number of carbonyl (C=O) groups is 1. The van der Waals surface area contributed by atoms with Crippen LogP contribution in [0.5, 0.6) is 5.75 Å². The van der Waals surface area contributed by atoms with Gasteiger partial charge in [0.25, 0.3) is 0 Å². The van der Waals surface area contributed by atoms with Gasteiger partial charge in [-0.1, -0.05) is 0 Å². The molecule has 0 aliphatic carbocycles. The third-order valence-corrected chi connectivity index (χ3v) is 7.88. The molecule has 0 spiro atoms. The van der Waals surface area contributed by atoms with Gasteiger partial charge in [0, 0.05) is 0 Å². The van der Waals surface area contributed by atoms with Gasteiger partial charge in [-0.05, 0) is 0 Å². The minimum atomic E-state index is -1.94. The topological polar surface area (TPSA) is 26.3 Å². The number of hydrogen-bond donors (Lipinski definition) is 0. The normalized spacial score (nSPS) is 11.1. The fourth-order valence-electron chi connectivity index (χ4n) is 1.19. The number of hydrogen-bond acceptors (Lipinski definition) is 2. The van der Waals surface area contributed by atoms with Gasteiger partial charge < -0.3 is 0 Å². The molecule has 0 fully saturated rings. The van der Waals surface area contributed by atoms with Crippen molar-refractivity contribution in [3.05, 3.63) is 24.3 Å². The van der Waals surface area contributed by atoms with Gasteiger partial charge in [-0.2, -0.15) is 0 Å². The summed E-state index contributed by atoms with van der Waals surface area (Å²) in [5.41, 5.74) is 0.